The number of rotatable bonds is 9. The van der Waals surface area contributed by atoms with Gasteiger partial charge in [0.05, 0.1) is 0 Å². The molecule has 5 heteroatoms. The minimum absolute atomic E-state index is 0.149. The van der Waals surface area contributed by atoms with Gasteiger partial charge in [0.1, 0.15) is 11.8 Å². The molecule has 0 aliphatic rings. The minimum Gasteiger partial charge on any atom is -0.483 e. The number of carbonyl (C=O) groups excluding carboxylic acids is 2. The molecule has 5 nitrogen and oxygen atoms in total. The predicted octanol–water partition coefficient (Wildman–Crippen LogP) is 5.55. The van der Waals surface area contributed by atoms with Crippen LogP contribution < -0.4 is 10.1 Å². The maximum Gasteiger partial charge on any atom is 0.261 e. The summed E-state index contributed by atoms with van der Waals surface area (Å²) in [7, 11) is 0. The Morgan fingerprint density at radius 2 is 1.56 bits per heavy atom. The molecular weight excluding hydrogens is 448 g/mol. The summed E-state index contributed by atoms with van der Waals surface area (Å²) in [5.74, 6) is 0.263. The van der Waals surface area contributed by atoms with E-state index in [0.717, 1.165) is 27.8 Å². The highest BCUT2D eigenvalue weighted by Gasteiger charge is 2.32. The zero-order valence-electron chi connectivity index (χ0n) is 22.3. The molecule has 1 N–H and O–H groups in total. The van der Waals surface area contributed by atoms with Gasteiger partial charge in [-0.1, -0.05) is 72.3 Å². The second-order valence-corrected chi connectivity index (χ2v) is 10.4. The van der Waals surface area contributed by atoms with Crippen LogP contribution in [0, 0.1) is 20.8 Å². The molecule has 0 saturated heterocycles. The Kier molecular flexibility index (Phi) is 8.92. The van der Waals surface area contributed by atoms with Crippen LogP contribution >= 0.6 is 0 Å². The molecule has 0 bridgehead atoms. The molecule has 1 atom stereocenters. The van der Waals surface area contributed by atoms with Gasteiger partial charge in [-0.25, -0.2) is 0 Å². The largest absolute Gasteiger partial charge is 0.483 e. The van der Waals surface area contributed by atoms with Crippen LogP contribution in [0.25, 0.3) is 0 Å². The van der Waals surface area contributed by atoms with Gasteiger partial charge in [0, 0.05) is 18.5 Å². The molecule has 3 aromatic carbocycles. The molecule has 0 fully saturated rings. The SMILES string of the molecule is Cc1cccc(CN(C(=O)COc2cccc(C)c2C)[C@H](Cc2ccccc2)C(=O)NC(C)(C)C)c1. The van der Waals surface area contributed by atoms with Crippen molar-refractivity contribution < 1.29 is 14.3 Å². The fourth-order valence-electron chi connectivity index (χ4n) is 4.12. The summed E-state index contributed by atoms with van der Waals surface area (Å²) in [5, 5.41) is 3.09. The van der Waals surface area contributed by atoms with Gasteiger partial charge >= 0.3 is 0 Å². The molecule has 3 aromatic rings. The second-order valence-electron chi connectivity index (χ2n) is 10.4. The van der Waals surface area contributed by atoms with Gasteiger partial charge in [-0.05, 0) is 69.9 Å². The zero-order valence-corrected chi connectivity index (χ0v) is 22.3. The summed E-state index contributed by atoms with van der Waals surface area (Å²) < 4.78 is 5.98. The Bertz CT molecular complexity index is 1180. The van der Waals surface area contributed by atoms with E-state index in [2.05, 4.69) is 5.32 Å². The van der Waals surface area contributed by atoms with Crippen molar-refractivity contribution in [2.45, 2.75) is 66.1 Å². The number of hydrogen-bond donors (Lipinski definition) is 1. The molecule has 0 unspecified atom stereocenters. The lowest BCUT2D eigenvalue weighted by molar-refractivity contribution is -0.143. The van der Waals surface area contributed by atoms with Crippen LogP contribution in [-0.2, 0) is 22.6 Å². The van der Waals surface area contributed by atoms with Crippen molar-refractivity contribution in [2.75, 3.05) is 6.61 Å². The highest BCUT2D eigenvalue weighted by atomic mass is 16.5. The summed E-state index contributed by atoms with van der Waals surface area (Å²) in [6.45, 7) is 12.0. The van der Waals surface area contributed by atoms with Gasteiger partial charge < -0.3 is 15.0 Å². The van der Waals surface area contributed by atoms with Crippen molar-refractivity contribution in [1.29, 1.82) is 0 Å². The molecule has 0 aliphatic heterocycles. The van der Waals surface area contributed by atoms with Gasteiger partial charge in [0.2, 0.25) is 5.91 Å². The summed E-state index contributed by atoms with van der Waals surface area (Å²) in [6, 6.07) is 23.0. The van der Waals surface area contributed by atoms with Crippen molar-refractivity contribution in [3.05, 3.63) is 101 Å². The molecule has 0 spiro atoms. The molecule has 190 valence electrons. The first-order valence-electron chi connectivity index (χ1n) is 12.4. The molecule has 0 radical (unpaired) electrons. The quantitative estimate of drug-likeness (QED) is 0.432. The molecule has 0 aromatic heterocycles. The number of hydrogen-bond acceptors (Lipinski definition) is 3. The molecule has 3 rings (SSSR count). The highest BCUT2D eigenvalue weighted by molar-refractivity contribution is 5.89. The van der Waals surface area contributed by atoms with Crippen molar-refractivity contribution in [3.63, 3.8) is 0 Å². The summed E-state index contributed by atoms with van der Waals surface area (Å²) in [4.78, 5) is 29.0. The third-order valence-corrected chi connectivity index (χ3v) is 6.11. The molecule has 36 heavy (non-hydrogen) atoms. The Morgan fingerprint density at radius 3 is 2.22 bits per heavy atom. The van der Waals surface area contributed by atoms with Crippen molar-refractivity contribution in [1.82, 2.24) is 10.2 Å². The van der Waals surface area contributed by atoms with Gasteiger partial charge in [0.25, 0.3) is 5.91 Å². The maximum absolute atomic E-state index is 13.7. The van der Waals surface area contributed by atoms with E-state index in [1.165, 1.54) is 0 Å². The van der Waals surface area contributed by atoms with E-state index < -0.39 is 11.6 Å². The minimum atomic E-state index is -0.693. The number of benzene rings is 3. The van der Waals surface area contributed by atoms with Crippen LogP contribution in [-0.4, -0.2) is 34.9 Å². The first-order valence-corrected chi connectivity index (χ1v) is 12.4. The highest BCUT2D eigenvalue weighted by Crippen LogP contribution is 2.22. The number of nitrogens with one attached hydrogen (secondary N) is 1. The Labute approximate surface area is 215 Å². The average molecular weight is 487 g/mol. The van der Waals surface area contributed by atoms with Crippen LogP contribution in [0.1, 0.15) is 48.6 Å². The first kappa shape index (κ1) is 27.0. The van der Waals surface area contributed by atoms with Crippen LogP contribution in [0.5, 0.6) is 5.75 Å². The van der Waals surface area contributed by atoms with Gasteiger partial charge in [0.15, 0.2) is 6.61 Å². The van der Waals surface area contributed by atoms with Crippen molar-refractivity contribution in [3.8, 4) is 5.75 Å². The van der Waals surface area contributed by atoms with E-state index in [1.807, 2.05) is 114 Å². The maximum atomic E-state index is 13.7. The standard InChI is InChI=1S/C31H38N2O3/c1-22-12-10-16-26(18-22)20-33(29(34)21-36-28-17-11-13-23(2)24(28)3)27(30(35)32-31(4,5)6)19-25-14-8-7-9-15-25/h7-18,27H,19-21H2,1-6H3,(H,32,35)/t27-/m1/s1. The Balaban J connectivity index is 1.95. The molecular formula is C31H38N2O3. The zero-order chi connectivity index (χ0) is 26.3. The second kappa shape index (κ2) is 11.9. The molecule has 0 heterocycles. The van der Waals surface area contributed by atoms with E-state index in [9.17, 15) is 9.59 Å². The third kappa shape index (κ3) is 7.70. The lowest BCUT2D eigenvalue weighted by Gasteiger charge is -2.34. The van der Waals surface area contributed by atoms with Crippen LogP contribution in [0.2, 0.25) is 0 Å². The average Bonchev–Trinajstić information content (AvgIpc) is 2.81. The summed E-state index contributed by atoms with van der Waals surface area (Å²) >= 11 is 0. The van der Waals surface area contributed by atoms with E-state index >= 15 is 0 Å². The topological polar surface area (TPSA) is 58.6 Å². The van der Waals surface area contributed by atoms with Gasteiger partial charge in [-0.2, -0.15) is 0 Å². The third-order valence-electron chi connectivity index (χ3n) is 6.11. The van der Waals surface area contributed by atoms with Crippen molar-refractivity contribution in [2.24, 2.45) is 0 Å². The van der Waals surface area contributed by atoms with Crippen molar-refractivity contribution >= 4 is 11.8 Å². The van der Waals surface area contributed by atoms with E-state index in [0.29, 0.717) is 18.7 Å². The lowest BCUT2D eigenvalue weighted by atomic mass is 10.0. The normalized spacial score (nSPS) is 12.1. The van der Waals surface area contributed by atoms with Gasteiger partial charge in [-0.15, -0.1) is 0 Å². The fourth-order valence-corrected chi connectivity index (χ4v) is 4.12. The van der Waals surface area contributed by atoms with Crippen LogP contribution in [0.15, 0.2) is 72.8 Å². The van der Waals surface area contributed by atoms with Crippen LogP contribution in [0.3, 0.4) is 0 Å². The Hall–Kier alpha value is -3.60. The molecule has 2 amide bonds. The first-order chi connectivity index (χ1) is 17.0. The van der Waals surface area contributed by atoms with E-state index in [-0.39, 0.29) is 18.4 Å². The number of ether oxygens (including phenoxy) is 1. The lowest BCUT2D eigenvalue weighted by Crippen LogP contribution is -2.55. The monoisotopic (exact) mass is 486 g/mol. The smallest absolute Gasteiger partial charge is 0.261 e. The van der Waals surface area contributed by atoms with Gasteiger partial charge in [-0.3, -0.25) is 9.59 Å². The predicted molar refractivity (Wildman–Crippen MR) is 145 cm³/mol. The summed E-state index contributed by atoms with van der Waals surface area (Å²) in [6.07, 6.45) is 0.407. The van der Waals surface area contributed by atoms with E-state index in [4.69, 9.17) is 4.74 Å². The van der Waals surface area contributed by atoms with Crippen LogP contribution in [0.4, 0.5) is 0 Å². The molecule has 0 aliphatic carbocycles. The Morgan fingerprint density at radius 1 is 0.889 bits per heavy atom. The summed E-state index contributed by atoms with van der Waals surface area (Å²) in [5.41, 5.74) is 4.73. The number of carbonyl (C=O) groups is 2. The molecule has 0 saturated carbocycles. The van der Waals surface area contributed by atoms with E-state index in [1.54, 1.807) is 4.90 Å². The number of aryl methyl sites for hydroxylation is 2. The number of nitrogens with zero attached hydrogens (tertiary/aromatic N) is 1. The number of amides is 2. The fraction of sp³-hybridized carbons (Fsp3) is 0.355.